The zero-order valence-electron chi connectivity index (χ0n) is 16.8. The Morgan fingerprint density at radius 3 is 2.55 bits per heavy atom. The fourth-order valence-electron chi connectivity index (χ4n) is 3.85. The number of rotatable bonds is 5. The Morgan fingerprint density at radius 2 is 1.84 bits per heavy atom. The number of hydrogen-bond donors (Lipinski definition) is 0. The third-order valence-electron chi connectivity index (χ3n) is 5.33. The van der Waals surface area contributed by atoms with E-state index < -0.39 is 0 Å². The largest absolute Gasteiger partial charge is 0.467 e. The van der Waals surface area contributed by atoms with Gasteiger partial charge in [0.1, 0.15) is 12.1 Å². The molecule has 0 atom stereocenters. The van der Waals surface area contributed by atoms with E-state index in [9.17, 15) is 9.59 Å². The van der Waals surface area contributed by atoms with E-state index in [1.807, 2.05) is 30.3 Å². The number of aromatic nitrogens is 5. The molecule has 0 aliphatic rings. The van der Waals surface area contributed by atoms with Crippen LogP contribution in [0.25, 0.3) is 16.7 Å². The second-order valence-corrected chi connectivity index (χ2v) is 7.22. The van der Waals surface area contributed by atoms with Gasteiger partial charge in [0.15, 0.2) is 5.82 Å². The van der Waals surface area contributed by atoms with Crippen molar-refractivity contribution in [2.24, 2.45) is 0 Å². The smallest absolute Gasteiger partial charge is 0.282 e. The highest BCUT2D eigenvalue weighted by atomic mass is 16.3. The standard InChI is InChI=1S/C23H19N5O3/c1-16-22-19(12-21(29)26(16)14-18-8-5-11-31-18)27(13-17-6-3-2-4-7-17)28(23(22)30)20-9-10-24-15-25-20/h2-12,15H,13-14H2,1H3. The van der Waals surface area contributed by atoms with Crippen LogP contribution in [0.2, 0.25) is 0 Å². The van der Waals surface area contributed by atoms with Gasteiger partial charge in [-0.3, -0.25) is 14.3 Å². The molecule has 1 aromatic carbocycles. The molecule has 8 nitrogen and oxygen atoms in total. The van der Waals surface area contributed by atoms with Crippen molar-refractivity contribution in [2.45, 2.75) is 20.0 Å². The average Bonchev–Trinajstić information content (AvgIpc) is 3.39. The van der Waals surface area contributed by atoms with E-state index >= 15 is 0 Å². The van der Waals surface area contributed by atoms with E-state index in [2.05, 4.69) is 9.97 Å². The van der Waals surface area contributed by atoms with Crippen molar-refractivity contribution in [2.75, 3.05) is 0 Å². The van der Waals surface area contributed by atoms with Gasteiger partial charge in [-0.05, 0) is 24.6 Å². The zero-order valence-corrected chi connectivity index (χ0v) is 16.8. The van der Waals surface area contributed by atoms with Gasteiger partial charge in [0.05, 0.1) is 30.3 Å². The molecule has 0 bridgehead atoms. The van der Waals surface area contributed by atoms with Crippen LogP contribution >= 0.6 is 0 Å². The predicted molar refractivity (Wildman–Crippen MR) is 115 cm³/mol. The second kappa shape index (κ2) is 7.56. The Labute approximate surface area is 176 Å². The Balaban J connectivity index is 1.79. The molecule has 0 saturated carbocycles. The highest BCUT2D eigenvalue weighted by molar-refractivity contribution is 5.81. The van der Waals surface area contributed by atoms with E-state index in [4.69, 9.17) is 4.42 Å². The molecule has 0 N–H and O–H groups in total. The number of aryl methyl sites for hydroxylation is 1. The highest BCUT2D eigenvalue weighted by Gasteiger charge is 2.21. The average molecular weight is 413 g/mol. The predicted octanol–water partition coefficient (Wildman–Crippen LogP) is 2.74. The van der Waals surface area contributed by atoms with Crippen molar-refractivity contribution in [3.63, 3.8) is 0 Å². The fourth-order valence-corrected chi connectivity index (χ4v) is 3.85. The maximum absolute atomic E-state index is 13.6. The molecule has 0 aliphatic heterocycles. The third kappa shape index (κ3) is 3.28. The molecule has 0 saturated heterocycles. The summed E-state index contributed by atoms with van der Waals surface area (Å²) in [5, 5.41) is 0.473. The first-order chi connectivity index (χ1) is 15.1. The van der Waals surface area contributed by atoms with Gasteiger partial charge >= 0.3 is 0 Å². The van der Waals surface area contributed by atoms with Gasteiger partial charge < -0.3 is 8.98 Å². The molecule has 0 spiro atoms. The SMILES string of the molecule is Cc1c2c(=O)n(-c3ccncn3)n(Cc3ccccc3)c2cc(=O)n1Cc1ccco1. The van der Waals surface area contributed by atoms with E-state index in [1.54, 1.807) is 46.8 Å². The number of pyridine rings is 1. The van der Waals surface area contributed by atoms with Crippen molar-refractivity contribution in [1.29, 1.82) is 0 Å². The quantitative estimate of drug-likeness (QED) is 0.442. The van der Waals surface area contributed by atoms with Crippen LogP contribution in [0, 0.1) is 6.92 Å². The molecule has 0 radical (unpaired) electrons. The molecule has 0 aliphatic carbocycles. The van der Waals surface area contributed by atoms with E-state index in [0.29, 0.717) is 34.7 Å². The Morgan fingerprint density at radius 1 is 1.00 bits per heavy atom. The van der Waals surface area contributed by atoms with Gasteiger partial charge in [-0.15, -0.1) is 0 Å². The summed E-state index contributed by atoms with van der Waals surface area (Å²) in [6.07, 6.45) is 4.55. The molecule has 5 aromatic rings. The van der Waals surface area contributed by atoms with Crippen LogP contribution in [0.4, 0.5) is 0 Å². The van der Waals surface area contributed by atoms with Gasteiger partial charge in [-0.2, -0.15) is 4.68 Å². The van der Waals surface area contributed by atoms with Crippen LogP contribution in [0.15, 0.2) is 87.4 Å². The molecule has 4 aromatic heterocycles. The molecule has 0 unspecified atom stereocenters. The van der Waals surface area contributed by atoms with Gasteiger partial charge in [-0.25, -0.2) is 9.97 Å². The highest BCUT2D eigenvalue weighted by Crippen LogP contribution is 2.19. The van der Waals surface area contributed by atoms with E-state index in [1.165, 1.54) is 17.1 Å². The maximum Gasteiger partial charge on any atom is 0.282 e. The summed E-state index contributed by atoms with van der Waals surface area (Å²) in [6, 6.07) is 16.5. The topological polar surface area (TPSA) is 87.9 Å². The van der Waals surface area contributed by atoms with Crippen LogP contribution < -0.4 is 11.1 Å². The lowest BCUT2D eigenvalue weighted by Crippen LogP contribution is -2.24. The van der Waals surface area contributed by atoms with Crippen molar-refractivity contribution in [3.05, 3.63) is 111 Å². The lowest BCUT2D eigenvalue weighted by Gasteiger charge is -2.13. The van der Waals surface area contributed by atoms with Gasteiger partial charge in [0, 0.05) is 24.0 Å². The molecule has 0 amide bonds. The first kappa shape index (κ1) is 18.8. The minimum Gasteiger partial charge on any atom is -0.467 e. The summed E-state index contributed by atoms with van der Waals surface area (Å²) in [5.41, 5.74) is 1.70. The number of furan rings is 1. The Kier molecular flexibility index (Phi) is 4.59. The molecule has 154 valence electrons. The van der Waals surface area contributed by atoms with Gasteiger partial charge in [0.2, 0.25) is 0 Å². The number of benzene rings is 1. The third-order valence-corrected chi connectivity index (χ3v) is 5.33. The molecular weight excluding hydrogens is 394 g/mol. The molecule has 5 rings (SSSR count). The Hall–Kier alpha value is -4.20. The lowest BCUT2D eigenvalue weighted by atomic mass is 10.2. The maximum atomic E-state index is 13.6. The molecule has 31 heavy (non-hydrogen) atoms. The number of hydrogen-bond acceptors (Lipinski definition) is 5. The Bertz CT molecular complexity index is 1460. The van der Waals surface area contributed by atoms with Crippen molar-refractivity contribution in [3.8, 4) is 5.82 Å². The number of fused-ring (bicyclic) bond motifs is 1. The normalized spacial score (nSPS) is 11.3. The van der Waals surface area contributed by atoms with Gasteiger partial charge in [-0.1, -0.05) is 30.3 Å². The molecule has 8 heteroatoms. The second-order valence-electron chi connectivity index (χ2n) is 7.22. The van der Waals surface area contributed by atoms with E-state index in [-0.39, 0.29) is 17.7 Å². The molecule has 0 fully saturated rings. The summed E-state index contributed by atoms with van der Waals surface area (Å²) in [4.78, 5) is 34.8. The summed E-state index contributed by atoms with van der Waals surface area (Å²) in [6.45, 7) is 2.44. The minimum atomic E-state index is -0.240. The number of nitrogens with zero attached hydrogens (tertiary/aromatic N) is 5. The van der Waals surface area contributed by atoms with E-state index in [0.717, 1.165) is 5.56 Å². The van der Waals surface area contributed by atoms with Crippen LogP contribution in [-0.4, -0.2) is 23.9 Å². The lowest BCUT2D eigenvalue weighted by molar-refractivity contribution is 0.487. The van der Waals surface area contributed by atoms with Crippen LogP contribution in [0.1, 0.15) is 17.0 Å². The summed E-state index contributed by atoms with van der Waals surface area (Å²) in [5.74, 6) is 1.08. The monoisotopic (exact) mass is 413 g/mol. The summed E-state index contributed by atoms with van der Waals surface area (Å²) >= 11 is 0. The molecule has 4 heterocycles. The minimum absolute atomic E-state index is 0.206. The van der Waals surface area contributed by atoms with Gasteiger partial charge in [0.25, 0.3) is 11.1 Å². The van der Waals surface area contributed by atoms with Crippen LogP contribution in [0.5, 0.6) is 0 Å². The summed E-state index contributed by atoms with van der Waals surface area (Å²) < 4.78 is 10.3. The zero-order chi connectivity index (χ0) is 21.4. The fraction of sp³-hybridized carbons (Fsp3) is 0.130. The summed E-state index contributed by atoms with van der Waals surface area (Å²) in [7, 11) is 0. The first-order valence-electron chi connectivity index (χ1n) is 9.82. The van der Waals surface area contributed by atoms with Crippen molar-refractivity contribution in [1.82, 2.24) is 23.9 Å². The van der Waals surface area contributed by atoms with Crippen LogP contribution in [-0.2, 0) is 13.1 Å². The van der Waals surface area contributed by atoms with Crippen molar-refractivity contribution < 1.29 is 4.42 Å². The first-order valence-corrected chi connectivity index (χ1v) is 9.82. The molecular formula is C23H19N5O3. The van der Waals surface area contributed by atoms with Crippen molar-refractivity contribution >= 4 is 10.9 Å². The van der Waals surface area contributed by atoms with Crippen LogP contribution in [0.3, 0.4) is 0 Å².